The van der Waals surface area contributed by atoms with Crippen molar-refractivity contribution in [2.45, 2.75) is 65.1 Å². The molecule has 35 heavy (non-hydrogen) atoms. The highest BCUT2D eigenvalue weighted by molar-refractivity contribution is 5.92. The van der Waals surface area contributed by atoms with E-state index in [1.165, 1.54) is 4.90 Å². The molecule has 188 valence electrons. The van der Waals surface area contributed by atoms with Gasteiger partial charge >= 0.3 is 12.0 Å². The van der Waals surface area contributed by atoms with Gasteiger partial charge in [0.2, 0.25) is 0 Å². The molecular weight excluding hydrogens is 446 g/mol. The fraction of sp³-hybridized carbons (Fsp3) is 0.444. The molecule has 1 saturated heterocycles. The lowest BCUT2D eigenvalue weighted by atomic mass is 9.97. The van der Waals surface area contributed by atoms with E-state index < -0.39 is 5.97 Å². The second-order valence-electron chi connectivity index (χ2n) is 9.29. The third-order valence-electron chi connectivity index (χ3n) is 6.09. The van der Waals surface area contributed by atoms with E-state index in [9.17, 15) is 14.4 Å². The molecule has 0 bridgehead atoms. The van der Waals surface area contributed by atoms with Gasteiger partial charge in [0.25, 0.3) is 5.91 Å². The van der Waals surface area contributed by atoms with Crippen LogP contribution in [0.4, 0.5) is 10.5 Å². The topological polar surface area (TPSA) is 88.2 Å². The summed E-state index contributed by atoms with van der Waals surface area (Å²) in [6.07, 6.45) is 3.17. The van der Waals surface area contributed by atoms with Crippen LogP contribution in [0.1, 0.15) is 57.3 Å². The number of piperidine rings is 1. The van der Waals surface area contributed by atoms with Gasteiger partial charge in [-0.1, -0.05) is 0 Å². The zero-order chi connectivity index (χ0) is 25.5. The summed E-state index contributed by atoms with van der Waals surface area (Å²) in [4.78, 5) is 40.7. The zero-order valence-corrected chi connectivity index (χ0v) is 21.1. The van der Waals surface area contributed by atoms with E-state index in [1.54, 1.807) is 55.6 Å². The molecule has 3 rings (SSSR count). The number of benzene rings is 2. The Morgan fingerprint density at radius 1 is 0.971 bits per heavy atom. The number of anilines is 1. The van der Waals surface area contributed by atoms with Crippen molar-refractivity contribution in [3.8, 4) is 11.5 Å². The number of ether oxygens (including phenoxy) is 2. The van der Waals surface area contributed by atoms with Crippen LogP contribution in [0.5, 0.6) is 11.5 Å². The number of carbonyl (C=O) groups is 3. The van der Waals surface area contributed by atoms with E-state index in [0.29, 0.717) is 22.7 Å². The number of hydrogen-bond acceptors (Lipinski definition) is 5. The molecule has 8 nitrogen and oxygen atoms in total. The minimum atomic E-state index is -0.512. The van der Waals surface area contributed by atoms with Gasteiger partial charge in [0.05, 0.1) is 5.56 Å². The number of nitrogens with one attached hydrogen (secondary N) is 1. The third kappa shape index (κ3) is 6.97. The summed E-state index contributed by atoms with van der Waals surface area (Å²) in [5, 5.41) is 2.82. The molecular formula is C27H35N3O5. The van der Waals surface area contributed by atoms with Crippen LogP contribution in [0, 0.1) is 0 Å². The predicted octanol–water partition coefficient (Wildman–Crippen LogP) is 4.63. The molecule has 1 fully saturated rings. The maximum Gasteiger partial charge on any atom is 0.343 e. The molecule has 0 saturated carbocycles. The first-order valence-electron chi connectivity index (χ1n) is 12.1. The largest absolute Gasteiger partial charge is 0.484 e. The van der Waals surface area contributed by atoms with Crippen molar-refractivity contribution >= 4 is 23.6 Å². The molecule has 1 aliphatic heterocycles. The maximum atomic E-state index is 12.6. The Bertz CT molecular complexity index is 1010. The van der Waals surface area contributed by atoms with Crippen molar-refractivity contribution in [2.75, 3.05) is 18.6 Å². The number of urea groups is 1. The number of rotatable bonds is 7. The second kappa shape index (κ2) is 11.7. The van der Waals surface area contributed by atoms with Gasteiger partial charge in [0, 0.05) is 30.9 Å². The number of hydrogen-bond donors (Lipinski definition) is 1. The maximum absolute atomic E-state index is 12.6. The van der Waals surface area contributed by atoms with Crippen LogP contribution in [-0.4, -0.2) is 54.6 Å². The van der Waals surface area contributed by atoms with E-state index in [4.69, 9.17) is 9.47 Å². The molecule has 8 heteroatoms. The summed E-state index contributed by atoms with van der Waals surface area (Å²) < 4.78 is 11.1. The van der Waals surface area contributed by atoms with E-state index in [2.05, 4.69) is 19.2 Å². The Kier molecular flexibility index (Phi) is 8.73. The smallest absolute Gasteiger partial charge is 0.343 e. The molecule has 1 aliphatic rings. The Labute approximate surface area is 207 Å². The highest BCUT2D eigenvalue weighted by Gasteiger charge is 2.29. The fourth-order valence-electron chi connectivity index (χ4n) is 4.18. The van der Waals surface area contributed by atoms with E-state index in [1.807, 2.05) is 18.7 Å². The van der Waals surface area contributed by atoms with Gasteiger partial charge in [0.1, 0.15) is 11.5 Å². The van der Waals surface area contributed by atoms with Crippen molar-refractivity contribution in [3.63, 3.8) is 0 Å². The van der Waals surface area contributed by atoms with Gasteiger partial charge in [0.15, 0.2) is 6.61 Å². The molecule has 0 radical (unpaired) electrons. The van der Waals surface area contributed by atoms with Gasteiger partial charge in [-0.2, -0.15) is 0 Å². The van der Waals surface area contributed by atoms with Crippen LogP contribution in [0.25, 0.3) is 0 Å². The number of amides is 3. The highest BCUT2D eigenvalue weighted by atomic mass is 16.5. The summed E-state index contributed by atoms with van der Waals surface area (Å²) in [6, 6.07) is 13.5. The third-order valence-corrected chi connectivity index (χ3v) is 6.09. The average Bonchev–Trinajstić information content (AvgIpc) is 2.82. The van der Waals surface area contributed by atoms with E-state index in [-0.39, 0.29) is 36.7 Å². The lowest BCUT2D eigenvalue weighted by Crippen LogP contribution is -2.49. The Hall–Kier alpha value is -3.55. The SMILES string of the molecule is CC(C)NC(=O)N(C)c1ccc(OC(=O)c2ccc(OCC(=O)N3C(C)CCCC3C)cc2)cc1. The number of likely N-dealkylation sites (tertiary alicyclic amines) is 1. The van der Waals surface area contributed by atoms with Gasteiger partial charge in [-0.05, 0) is 95.5 Å². The zero-order valence-electron chi connectivity index (χ0n) is 21.1. The summed E-state index contributed by atoms with van der Waals surface area (Å²) in [5.74, 6) is 0.345. The molecule has 2 unspecified atom stereocenters. The van der Waals surface area contributed by atoms with Crippen molar-refractivity contribution in [1.82, 2.24) is 10.2 Å². The lowest BCUT2D eigenvalue weighted by Gasteiger charge is -2.38. The first kappa shape index (κ1) is 26.1. The fourth-order valence-corrected chi connectivity index (χ4v) is 4.18. The van der Waals surface area contributed by atoms with Gasteiger partial charge in [-0.15, -0.1) is 0 Å². The Balaban J connectivity index is 1.52. The highest BCUT2D eigenvalue weighted by Crippen LogP contribution is 2.23. The van der Waals surface area contributed by atoms with Gasteiger partial charge in [-0.25, -0.2) is 9.59 Å². The minimum Gasteiger partial charge on any atom is -0.484 e. The minimum absolute atomic E-state index is 0.0241. The molecule has 2 aromatic rings. The van der Waals surface area contributed by atoms with Crippen molar-refractivity contribution in [3.05, 3.63) is 54.1 Å². The molecule has 0 spiro atoms. The quantitative estimate of drug-likeness (QED) is 0.460. The predicted molar refractivity (Wildman–Crippen MR) is 135 cm³/mol. The summed E-state index contributed by atoms with van der Waals surface area (Å²) >= 11 is 0. The number of esters is 1. The van der Waals surface area contributed by atoms with Crippen molar-refractivity contribution in [2.24, 2.45) is 0 Å². The standard InChI is InChI=1S/C27H35N3O5/c1-18(2)28-27(33)29(5)22-11-15-24(16-12-22)35-26(32)21-9-13-23(14-10-21)34-17-25(31)30-19(3)7-6-8-20(30)4/h9-16,18-20H,6-8,17H2,1-5H3,(H,28,33). The van der Waals surface area contributed by atoms with Crippen LogP contribution in [-0.2, 0) is 4.79 Å². The Morgan fingerprint density at radius 3 is 2.11 bits per heavy atom. The van der Waals surface area contributed by atoms with E-state index >= 15 is 0 Å². The first-order chi connectivity index (χ1) is 16.7. The lowest BCUT2D eigenvalue weighted by molar-refractivity contribution is -0.139. The van der Waals surface area contributed by atoms with Gasteiger partial charge in [-0.3, -0.25) is 9.69 Å². The Morgan fingerprint density at radius 2 is 1.54 bits per heavy atom. The molecule has 3 amide bonds. The second-order valence-corrected chi connectivity index (χ2v) is 9.29. The summed E-state index contributed by atoms with van der Waals surface area (Å²) in [6.45, 7) is 7.90. The first-order valence-corrected chi connectivity index (χ1v) is 12.1. The monoisotopic (exact) mass is 481 g/mol. The normalized spacial score (nSPS) is 17.6. The van der Waals surface area contributed by atoms with Crippen LogP contribution in [0.3, 0.4) is 0 Å². The molecule has 1 heterocycles. The molecule has 2 atom stereocenters. The number of carbonyl (C=O) groups excluding carboxylic acids is 3. The molecule has 1 N–H and O–H groups in total. The number of nitrogens with zero attached hydrogens (tertiary/aromatic N) is 2. The van der Waals surface area contributed by atoms with Gasteiger partial charge < -0.3 is 19.7 Å². The summed E-state index contributed by atoms with van der Waals surface area (Å²) in [7, 11) is 1.67. The van der Waals surface area contributed by atoms with Crippen LogP contribution >= 0.6 is 0 Å². The molecule has 0 aromatic heterocycles. The average molecular weight is 482 g/mol. The summed E-state index contributed by atoms with van der Waals surface area (Å²) in [5.41, 5.74) is 1.03. The van der Waals surface area contributed by atoms with E-state index in [0.717, 1.165) is 19.3 Å². The van der Waals surface area contributed by atoms with Crippen LogP contribution in [0.15, 0.2) is 48.5 Å². The van der Waals surface area contributed by atoms with Crippen molar-refractivity contribution < 1.29 is 23.9 Å². The van der Waals surface area contributed by atoms with Crippen LogP contribution < -0.4 is 19.7 Å². The molecule has 2 aromatic carbocycles. The molecule has 0 aliphatic carbocycles. The van der Waals surface area contributed by atoms with Crippen molar-refractivity contribution in [1.29, 1.82) is 0 Å². The van der Waals surface area contributed by atoms with Crippen LogP contribution in [0.2, 0.25) is 0 Å².